The minimum absolute atomic E-state index is 0.140. The number of ether oxygens (including phenoxy) is 1. The number of carbonyl (C=O) groups is 3. The highest BCUT2D eigenvalue weighted by Gasteiger charge is 2.39. The average molecular weight is 693 g/mol. The molecular weight excluding hydrogens is 658 g/mol. The summed E-state index contributed by atoms with van der Waals surface area (Å²) in [6.45, 7) is 5.63. The fraction of sp³-hybridized carbons (Fsp3) is 0.464. The highest BCUT2D eigenvalue weighted by molar-refractivity contribution is 6.09. The topological polar surface area (TPSA) is 179 Å². The number of aliphatic carboxylic acids is 2. The molecule has 3 aromatic rings. The Bertz CT molecular complexity index is 1550. The molecule has 1 atom stereocenters. The summed E-state index contributed by atoms with van der Waals surface area (Å²) in [6.07, 6.45) is -4.73. The zero-order chi connectivity index (χ0) is 35.8. The van der Waals surface area contributed by atoms with E-state index in [1.807, 2.05) is 30.5 Å². The molecule has 5 N–H and O–H groups in total. The second kappa shape index (κ2) is 15.8. The van der Waals surface area contributed by atoms with Crippen molar-refractivity contribution in [2.45, 2.75) is 31.2 Å². The zero-order valence-corrected chi connectivity index (χ0v) is 25.8. The van der Waals surface area contributed by atoms with Crippen molar-refractivity contribution in [1.82, 2.24) is 19.5 Å². The Balaban J connectivity index is 0.000000376. The number of carbonyl (C=O) groups excluding carboxylic acids is 1. The van der Waals surface area contributed by atoms with Crippen molar-refractivity contribution in [3.63, 3.8) is 0 Å². The third kappa shape index (κ3) is 10.3. The molecular formula is C28H34F6N8O6. The van der Waals surface area contributed by atoms with Gasteiger partial charge in [0.15, 0.2) is 5.65 Å². The van der Waals surface area contributed by atoms with Crippen LogP contribution in [-0.4, -0.2) is 119 Å². The smallest absolute Gasteiger partial charge is 0.490 e. The summed E-state index contributed by atoms with van der Waals surface area (Å²) in [5, 5.41) is 21.5. The van der Waals surface area contributed by atoms with Gasteiger partial charge in [0.25, 0.3) is 5.91 Å². The SMILES string of the molecule is COc1cc(N2CCN(C)CC2)ccc1NC(=O)c1cnn2ccc(N3CCC[C@@H](N)C3)nc12.O=C(O)C(F)(F)F.O=C(O)C(F)(F)F. The minimum Gasteiger partial charge on any atom is -0.494 e. The number of benzene rings is 1. The molecule has 0 radical (unpaired) electrons. The Morgan fingerprint density at radius 3 is 2.10 bits per heavy atom. The van der Waals surface area contributed by atoms with Gasteiger partial charge in [-0.3, -0.25) is 4.79 Å². The number of anilines is 3. The van der Waals surface area contributed by atoms with Gasteiger partial charge < -0.3 is 40.7 Å². The Kier molecular flexibility index (Phi) is 12.4. The predicted octanol–water partition coefficient (Wildman–Crippen LogP) is 2.94. The molecule has 20 heteroatoms. The molecule has 48 heavy (non-hydrogen) atoms. The first-order valence-corrected chi connectivity index (χ1v) is 14.3. The van der Waals surface area contributed by atoms with E-state index in [4.69, 9.17) is 35.3 Å². The Morgan fingerprint density at radius 1 is 0.958 bits per heavy atom. The molecule has 0 aliphatic carbocycles. The highest BCUT2D eigenvalue weighted by Crippen LogP contribution is 2.31. The monoisotopic (exact) mass is 692 g/mol. The van der Waals surface area contributed by atoms with Crippen LogP contribution in [0.3, 0.4) is 0 Å². The second-order valence-corrected chi connectivity index (χ2v) is 10.7. The van der Waals surface area contributed by atoms with Gasteiger partial charge in [-0.25, -0.2) is 19.1 Å². The van der Waals surface area contributed by atoms with Crippen molar-refractivity contribution in [3.8, 4) is 5.75 Å². The number of rotatable bonds is 5. The number of fused-ring (bicyclic) bond motifs is 1. The first kappa shape index (κ1) is 37.6. The number of alkyl halides is 6. The van der Waals surface area contributed by atoms with Crippen molar-refractivity contribution >= 4 is 40.7 Å². The number of hydrogen-bond acceptors (Lipinski definition) is 10. The molecule has 0 unspecified atom stereocenters. The van der Waals surface area contributed by atoms with Crippen LogP contribution < -0.4 is 25.6 Å². The summed E-state index contributed by atoms with van der Waals surface area (Å²) < 4.78 is 70.7. The number of piperidine rings is 1. The molecule has 2 aliphatic rings. The van der Waals surface area contributed by atoms with E-state index < -0.39 is 24.3 Å². The molecule has 2 aliphatic heterocycles. The molecule has 4 heterocycles. The third-order valence-corrected chi connectivity index (χ3v) is 7.17. The predicted molar refractivity (Wildman–Crippen MR) is 160 cm³/mol. The highest BCUT2D eigenvalue weighted by atomic mass is 19.4. The number of halogens is 6. The fourth-order valence-electron chi connectivity index (χ4n) is 4.65. The number of amides is 1. The molecule has 2 saturated heterocycles. The summed E-state index contributed by atoms with van der Waals surface area (Å²) >= 11 is 0. The lowest BCUT2D eigenvalue weighted by Gasteiger charge is -2.34. The van der Waals surface area contributed by atoms with Crippen molar-refractivity contribution in [2.24, 2.45) is 5.73 Å². The maximum atomic E-state index is 13.2. The molecule has 0 saturated carbocycles. The Morgan fingerprint density at radius 2 is 1.56 bits per heavy atom. The van der Waals surface area contributed by atoms with E-state index >= 15 is 0 Å². The van der Waals surface area contributed by atoms with E-state index in [0.717, 1.165) is 63.6 Å². The van der Waals surface area contributed by atoms with Crippen molar-refractivity contribution < 1.29 is 55.7 Å². The summed E-state index contributed by atoms with van der Waals surface area (Å²) in [5.41, 5.74) is 8.77. The van der Waals surface area contributed by atoms with E-state index in [2.05, 4.69) is 32.2 Å². The van der Waals surface area contributed by atoms with E-state index in [-0.39, 0.29) is 11.9 Å². The van der Waals surface area contributed by atoms with Crippen LogP contribution in [0.2, 0.25) is 0 Å². The normalized spacial score (nSPS) is 17.1. The van der Waals surface area contributed by atoms with E-state index in [9.17, 15) is 31.1 Å². The number of carboxylic acids is 2. The van der Waals surface area contributed by atoms with Gasteiger partial charge in [0.1, 0.15) is 17.1 Å². The van der Waals surface area contributed by atoms with Crippen molar-refractivity contribution in [2.75, 3.05) is 68.5 Å². The number of likely N-dealkylation sites (N-methyl/N-ethyl adjacent to an activating group) is 1. The lowest BCUT2D eigenvalue weighted by Crippen LogP contribution is -2.44. The number of nitrogens with two attached hydrogens (primary N) is 1. The van der Waals surface area contributed by atoms with Gasteiger partial charge >= 0.3 is 24.3 Å². The zero-order valence-electron chi connectivity index (χ0n) is 25.8. The summed E-state index contributed by atoms with van der Waals surface area (Å²) in [6, 6.07) is 7.95. The molecule has 5 rings (SSSR count). The number of methoxy groups -OCH3 is 1. The number of hydrogen-bond donors (Lipinski definition) is 4. The summed E-state index contributed by atoms with van der Waals surface area (Å²) in [7, 11) is 3.75. The maximum Gasteiger partial charge on any atom is 0.490 e. The minimum atomic E-state index is -5.08. The number of nitrogens with zero attached hydrogens (tertiary/aromatic N) is 6. The average Bonchev–Trinajstić information content (AvgIpc) is 3.45. The van der Waals surface area contributed by atoms with Crippen LogP contribution in [0.15, 0.2) is 36.7 Å². The fourth-order valence-corrected chi connectivity index (χ4v) is 4.65. The van der Waals surface area contributed by atoms with Crippen LogP contribution in [0, 0.1) is 0 Å². The van der Waals surface area contributed by atoms with E-state index in [0.29, 0.717) is 22.6 Å². The molecule has 2 fully saturated rings. The largest absolute Gasteiger partial charge is 0.494 e. The number of nitrogens with one attached hydrogen (secondary N) is 1. The standard InChI is InChI=1S/C24H32N8O2.2C2HF3O2/c1-29-10-12-30(13-11-29)18-5-6-20(21(14-18)34-2)27-24(33)19-15-26-32-9-7-22(28-23(19)32)31-8-3-4-17(25)16-31;2*3-2(4,5)1(6)7/h5-7,9,14-15,17H,3-4,8,10-13,16,25H2,1-2H3,(H,27,33);2*(H,6,7)/t17-;;/m1../s1. The third-order valence-electron chi connectivity index (χ3n) is 7.17. The molecule has 1 amide bonds. The van der Waals surface area contributed by atoms with Crippen LogP contribution in [0.5, 0.6) is 5.75 Å². The molecule has 2 aromatic heterocycles. The van der Waals surface area contributed by atoms with Gasteiger partial charge in [-0.15, -0.1) is 0 Å². The van der Waals surface area contributed by atoms with Crippen molar-refractivity contribution in [3.05, 3.63) is 42.2 Å². The quantitative estimate of drug-likeness (QED) is 0.288. The first-order valence-electron chi connectivity index (χ1n) is 14.3. The van der Waals surface area contributed by atoms with Crippen LogP contribution >= 0.6 is 0 Å². The van der Waals surface area contributed by atoms with Gasteiger partial charge in [-0.05, 0) is 38.1 Å². The van der Waals surface area contributed by atoms with Crippen LogP contribution in [0.1, 0.15) is 23.2 Å². The van der Waals surface area contributed by atoms with Gasteiger partial charge in [0, 0.05) is 63.3 Å². The van der Waals surface area contributed by atoms with Crippen molar-refractivity contribution in [1.29, 1.82) is 0 Å². The molecule has 1 aromatic carbocycles. The summed E-state index contributed by atoms with van der Waals surface area (Å²) in [5.74, 6) is -4.36. The van der Waals surface area contributed by atoms with Gasteiger partial charge in [0.2, 0.25) is 0 Å². The van der Waals surface area contributed by atoms with E-state index in [1.165, 1.54) is 0 Å². The number of aromatic nitrogens is 3. The second-order valence-electron chi connectivity index (χ2n) is 10.7. The van der Waals surface area contributed by atoms with Crippen LogP contribution in [0.4, 0.5) is 43.5 Å². The lowest BCUT2D eigenvalue weighted by molar-refractivity contribution is -0.193. The van der Waals surface area contributed by atoms with Crippen LogP contribution in [0.25, 0.3) is 5.65 Å². The maximum absolute atomic E-state index is 13.2. The van der Waals surface area contributed by atoms with Gasteiger partial charge in [0.05, 0.1) is 19.0 Å². The van der Waals surface area contributed by atoms with E-state index in [1.54, 1.807) is 17.8 Å². The summed E-state index contributed by atoms with van der Waals surface area (Å²) in [4.78, 5) is 42.6. The number of carboxylic acid groups (broad SMARTS) is 2. The van der Waals surface area contributed by atoms with Crippen LogP contribution in [-0.2, 0) is 9.59 Å². The Labute approximate surface area is 269 Å². The molecule has 264 valence electrons. The molecule has 14 nitrogen and oxygen atoms in total. The number of piperazine rings is 1. The lowest BCUT2D eigenvalue weighted by atomic mass is 10.1. The van der Waals surface area contributed by atoms with Gasteiger partial charge in [-0.2, -0.15) is 31.4 Å². The first-order chi connectivity index (χ1) is 22.4. The molecule has 0 bridgehead atoms. The Hall–Kier alpha value is -4.85. The molecule has 0 spiro atoms. The van der Waals surface area contributed by atoms with Gasteiger partial charge in [-0.1, -0.05) is 0 Å².